The summed E-state index contributed by atoms with van der Waals surface area (Å²) in [7, 11) is 0. The van der Waals surface area contributed by atoms with Crippen molar-refractivity contribution in [2.24, 2.45) is 0 Å². The van der Waals surface area contributed by atoms with Crippen molar-refractivity contribution in [1.29, 1.82) is 5.26 Å². The van der Waals surface area contributed by atoms with Gasteiger partial charge in [0.2, 0.25) is 5.60 Å². The lowest BCUT2D eigenvalue weighted by molar-refractivity contribution is -0.0682. The third-order valence-electron chi connectivity index (χ3n) is 5.15. The van der Waals surface area contributed by atoms with E-state index in [0.29, 0.717) is 11.1 Å². The number of rotatable bonds is 4. The van der Waals surface area contributed by atoms with Gasteiger partial charge in [0.1, 0.15) is 42.8 Å². The van der Waals surface area contributed by atoms with Gasteiger partial charge in [0.15, 0.2) is 5.82 Å². The molecule has 0 bridgehead atoms. The first kappa shape index (κ1) is 19.8. The third kappa shape index (κ3) is 3.05. The summed E-state index contributed by atoms with van der Waals surface area (Å²) < 4.78 is 12.3. The lowest BCUT2D eigenvalue weighted by Crippen LogP contribution is -2.41. The minimum atomic E-state index is -1.94. The summed E-state index contributed by atoms with van der Waals surface area (Å²) in [6.45, 7) is 1.54. The van der Waals surface area contributed by atoms with E-state index in [2.05, 4.69) is 10.1 Å². The van der Waals surface area contributed by atoms with Crippen LogP contribution in [0.1, 0.15) is 21.6 Å². The fourth-order valence-corrected chi connectivity index (χ4v) is 3.48. The molecule has 1 saturated heterocycles. The molecule has 30 heavy (non-hydrogen) atoms. The number of aromatic nitrogens is 3. The molecule has 4 atom stereocenters. The molecule has 2 aromatic heterocycles. The van der Waals surface area contributed by atoms with Crippen molar-refractivity contribution in [1.82, 2.24) is 14.6 Å². The smallest absolute Gasteiger partial charge is 0.338 e. The molecular formula is C20H19N5O5. The highest BCUT2D eigenvalue weighted by molar-refractivity contribution is 5.89. The molecule has 0 aliphatic carbocycles. The molecule has 0 saturated carbocycles. The van der Waals surface area contributed by atoms with Crippen molar-refractivity contribution in [3.05, 3.63) is 59.5 Å². The quantitative estimate of drug-likeness (QED) is 0.516. The number of nitrogen functional groups attached to an aromatic ring is 1. The van der Waals surface area contributed by atoms with Gasteiger partial charge >= 0.3 is 5.97 Å². The highest BCUT2D eigenvalue weighted by Gasteiger charge is 2.57. The van der Waals surface area contributed by atoms with Crippen LogP contribution in [0.15, 0.2) is 42.7 Å². The van der Waals surface area contributed by atoms with E-state index in [1.807, 2.05) is 13.0 Å². The second-order valence-corrected chi connectivity index (χ2v) is 7.06. The first-order valence-corrected chi connectivity index (χ1v) is 9.15. The van der Waals surface area contributed by atoms with Crippen molar-refractivity contribution in [3.63, 3.8) is 0 Å². The molecule has 1 aliphatic rings. The van der Waals surface area contributed by atoms with Gasteiger partial charge in [0.05, 0.1) is 11.3 Å². The van der Waals surface area contributed by atoms with Gasteiger partial charge in [-0.3, -0.25) is 0 Å². The van der Waals surface area contributed by atoms with Crippen molar-refractivity contribution < 1.29 is 24.5 Å². The Bertz CT molecular complexity index is 1140. The highest BCUT2D eigenvalue weighted by atomic mass is 16.6. The van der Waals surface area contributed by atoms with E-state index < -0.39 is 29.9 Å². The Morgan fingerprint density at radius 3 is 2.77 bits per heavy atom. The van der Waals surface area contributed by atoms with Gasteiger partial charge in [-0.25, -0.2) is 14.3 Å². The number of aliphatic hydroxyl groups excluding tert-OH is 2. The van der Waals surface area contributed by atoms with Crippen molar-refractivity contribution >= 4 is 17.3 Å². The fourth-order valence-electron chi connectivity index (χ4n) is 3.48. The summed E-state index contributed by atoms with van der Waals surface area (Å²) in [5, 5.41) is 35.1. The topological polar surface area (TPSA) is 156 Å². The molecule has 4 N–H and O–H groups in total. The van der Waals surface area contributed by atoms with Crippen LogP contribution in [-0.2, 0) is 15.1 Å². The molecule has 3 heterocycles. The van der Waals surface area contributed by atoms with Gasteiger partial charge < -0.3 is 25.4 Å². The standard InChI is InChI=1S/C20H19N5O5/c1-11-2-4-12(5-3-11)19(28)29-8-14-16(26)17(27)20(9-21,30-14)15-7-6-13-18(22)23-10-24-25(13)15/h2-7,10,14,16-17,26-27H,8H2,1H3,(H2,22,23,24)/t14-,16-,17-,20+/m1/s1. The van der Waals surface area contributed by atoms with Crippen LogP contribution in [0.4, 0.5) is 5.82 Å². The Morgan fingerprint density at radius 2 is 2.07 bits per heavy atom. The molecule has 4 rings (SSSR count). The van der Waals surface area contributed by atoms with E-state index in [9.17, 15) is 20.3 Å². The molecule has 1 fully saturated rings. The largest absolute Gasteiger partial charge is 0.459 e. The maximum absolute atomic E-state index is 12.3. The summed E-state index contributed by atoms with van der Waals surface area (Å²) in [6, 6.07) is 11.8. The molecule has 1 aliphatic heterocycles. The first-order chi connectivity index (χ1) is 14.4. The van der Waals surface area contributed by atoms with E-state index in [0.717, 1.165) is 5.56 Å². The Hall–Kier alpha value is -3.52. The normalized spacial score (nSPS) is 25.9. The Kier molecular flexibility index (Phi) is 4.87. The number of carbonyl (C=O) groups excluding carboxylic acids is 1. The number of anilines is 1. The zero-order chi connectivity index (χ0) is 21.5. The Morgan fingerprint density at radius 1 is 1.33 bits per heavy atom. The van der Waals surface area contributed by atoms with Gasteiger partial charge in [-0.2, -0.15) is 10.4 Å². The number of carbonyl (C=O) groups is 1. The predicted octanol–water partition coefficient (Wildman–Crippen LogP) is 0.316. The number of fused-ring (bicyclic) bond motifs is 1. The zero-order valence-electron chi connectivity index (χ0n) is 16.0. The van der Waals surface area contributed by atoms with Gasteiger partial charge in [-0.15, -0.1) is 0 Å². The predicted molar refractivity (Wildman–Crippen MR) is 103 cm³/mol. The van der Waals surface area contributed by atoms with Gasteiger partial charge in [-0.05, 0) is 31.2 Å². The van der Waals surface area contributed by atoms with Crippen LogP contribution in [0, 0.1) is 18.3 Å². The molecule has 0 amide bonds. The van der Waals surface area contributed by atoms with Crippen LogP contribution < -0.4 is 5.73 Å². The van der Waals surface area contributed by atoms with Gasteiger partial charge in [-0.1, -0.05) is 17.7 Å². The lowest BCUT2D eigenvalue weighted by Gasteiger charge is -2.24. The highest BCUT2D eigenvalue weighted by Crippen LogP contribution is 2.40. The second-order valence-electron chi connectivity index (χ2n) is 7.06. The number of esters is 1. The fraction of sp³-hybridized carbons (Fsp3) is 0.300. The van der Waals surface area contributed by atoms with Crippen molar-refractivity contribution in [2.75, 3.05) is 12.3 Å². The summed E-state index contributed by atoms with van der Waals surface area (Å²) in [5.74, 6) is -0.427. The molecule has 0 radical (unpaired) electrons. The number of nitrogens with two attached hydrogens (primary N) is 1. The summed E-state index contributed by atoms with van der Waals surface area (Å²) >= 11 is 0. The number of aliphatic hydroxyl groups is 2. The monoisotopic (exact) mass is 409 g/mol. The molecule has 10 nitrogen and oxygen atoms in total. The molecule has 1 aromatic carbocycles. The molecule has 10 heteroatoms. The first-order valence-electron chi connectivity index (χ1n) is 9.15. The number of nitrogens with zero attached hydrogens (tertiary/aromatic N) is 4. The van der Waals surface area contributed by atoms with Crippen LogP contribution in [0.2, 0.25) is 0 Å². The van der Waals surface area contributed by atoms with E-state index >= 15 is 0 Å². The van der Waals surface area contributed by atoms with Crippen molar-refractivity contribution in [3.8, 4) is 6.07 Å². The van der Waals surface area contributed by atoms with E-state index in [1.54, 1.807) is 30.3 Å². The number of aryl methyl sites for hydroxylation is 1. The second kappa shape index (κ2) is 7.38. The maximum Gasteiger partial charge on any atom is 0.338 e. The number of hydrogen-bond acceptors (Lipinski definition) is 9. The Labute approximate surface area is 171 Å². The summed E-state index contributed by atoms with van der Waals surface area (Å²) in [5.41, 5.74) is 5.81. The van der Waals surface area contributed by atoms with Crippen LogP contribution in [0.25, 0.3) is 5.52 Å². The van der Waals surface area contributed by atoms with Gasteiger partial charge in [0.25, 0.3) is 0 Å². The zero-order valence-corrected chi connectivity index (χ0v) is 16.0. The van der Waals surface area contributed by atoms with Crippen LogP contribution in [0.3, 0.4) is 0 Å². The van der Waals surface area contributed by atoms with Crippen LogP contribution in [0.5, 0.6) is 0 Å². The molecule has 0 spiro atoms. The molecule has 3 aromatic rings. The molecule has 0 unspecified atom stereocenters. The van der Waals surface area contributed by atoms with E-state index in [-0.39, 0.29) is 18.1 Å². The number of benzene rings is 1. The SMILES string of the molecule is Cc1ccc(C(=O)OC[C@H]2O[C@@](C#N)(c3ccc4c(N)ncnn34)[C@H](O)[C@@H]2O)cc1. The summed E-state index contributed by atoms with van der Waals surface area (Å²) in [6.07, 6.45) is -3.01. The van der Waals surface area contributed by atoms with E-state index in [4.69, 9.17) is 15.2 Å². The molecule has 154 valence electrons. The minimum absolute atomic E-state index is 0.174. The van der Waals surface area contributed by atoms with E-state index in [1.165, 1.54) is 16.9 Å². The maximum atomic E-state index is 12.3. The lowest BCUT2D eigenvalue weighted by atomic mass is 9.92. The van der Waals surface area contributed by atoms with Gasteiger partial charge in [0, 0.05) is 0 Å². The number of hydrogen-bond donors (Lipinski definition) is 3. The summed E-state index contributed by atoms with van der Waals surface area (Å²) in [4.78, 5) is 16.1. The average Bonchev–Trinajstić information content (AvgIpc) is 3.29. The average molecular weight is 409 g/mol. The Balaban J connectivity index is 1.58. The molecular weight excluding hydrogens is 390 g/mol. The third-order valence-corrected chi connectivity index (χ3v) is 5.15. The van der Waals surface area contributed by atoms with Crippen molar-refractivity contribution in [2.45, 2.75) is 30.8 Å². The van der Waals surface area contributed by atoms with Crippen LogP contribution >= 0.6 is 0 Å². The minimum Gasteiger partial charge on any atom is -0.459 e. The number of nitriles is 1. The number of ether oxygens (including phenoxy) is 2. The van der Waals surface area contributed by atoms with Crippen LogP contribution in [-0.4, -0.2) is 55.7 Å².